The van der Waals surface area contributed by atoms with Crippen LogP contribution in [0.5, 0.6) is 5.75 Å². The molecule has 0 aliphatic rings. The van der Waals surface area contributed by atoms with Crippen molar-refractivity contribution in [3.63, 3.8) is 0 Å². The number of pyridine rings is 2. The van der Waals surface area contributed by atoms with Gasteiger partial charge in [0.05, 0.1) is 12.2 Å². The molecule has 2 aromatic heterocycles. The number of alkyl halides is 3. The molecule has 2 aromatic rings. The van der Waals surface area contributed by atoms with E-state index in [9.17, 15) is 18.4 Å². The highest BCUT2D eigenvalue weighted by molar-refractivity contribution is 14.1. The molecule has 28 heavy (non-hydrogen) atoms. The van der Waals surface area contributed by atoms with Gasteiger partial charge >= 0.3 is 3.93 Å². The van der Waals surface area contributed by atoms with Crippen LogP contribution in [0.4, 0.5) is 14.6 Å². The van der Waals surface area contributed by atoms with Crippen molar-refractivity contribution in [1.29, 1.82) is 0 Å². The Labute approximate surface area is 174 Å². The molecule has 2 amide bonds. The number of aromatic nitrogens is 2. The summed E-state index contributed by atoms with van der Waals surface area (Å²) in [6.07, 6.45) is 1.71. The molecule has 2 N–H and O–H groups in total. The third-order valence-corrected chi connectivity index (χ3v) is 3.74. The zero-order valence-electron chi connectivity index (χ0n) is 15.3. The van der Waals surface area contributed by atoms with Crippen molar-refractivity contribution in [2.45, 2.75) is 30.7 Å². The molecule has 0 bridgehead atoms. The minimum absolute atomic E-state index is 0.0781. The van der Waals surface area contributed by atoms with Gasteiger partial charge < -0.3 is 15.4 Å². The number of ether oxygens (including phenoxy) is 1. The lowest BCUT2D eigenvalue weighted by atomic mass is 10.2. The van der Waals surface area contributed by atoms with Gasteiger partial charge in [-0.1, -0.05) is 6.92 Å². The Morgan fingerprint density at radius 3 is 2.71 bits per heavy atom. The molecule has 0 spiro atoms. The van der Waals surface area contributed by atoms with Crippen LogP contribution in [0, 0.1) is 6.92 Å². The summed E-state index contributed by atoms with van der Waals surface area (Å²) in [4.78, 5) is 32.2. The summed E-state index contributed by atoms with van der Waals surface area (Å²) in [5.41, 5.74) is 1.36. The van der Waals surface area contributed by atoms with E-state index in [-0.39, 0.29) is 24.1 Å². The predicted octanol–water partition coefficient (Wildman–Crippen LogP) is 3.47. The zero-order valence-corrected chi connectivity index (χ0v) is 17.4. The van der Waals surface area contributed by atoms with Gasteiger partial charge in [0, 0.05) is 52.5 Å². The highest BCUT2D eigenvalue weighted by Crippen LogP contribution is 2.24. The average Bonchev–Trinajstić information content (AvgIpc) is 2.63. The number of aryl methyl sites for hydroxylation is 1. The molecule has 0 saturated heterocycles. The van der Waals surface area contributed by atoms with E-state index in [1.165, 1.54) is 24.4 Å². The van der Waals surface area contributed by atoms with Crippen LogP contribution < -0.4 is 15.4 Å². The number of rotatable bonds is 8. The van der Waals surface area contributed by atoms with Crippen molar-refractivity contribution in [2.24, 2.45) is 0 Å². The SMILES string of the molecule is CCC(=O)Nc1cc(C(=O)NCc2cc(OCC(F)(F)I)ccn2)cc(C)n1. The minimum Gasteiger partial charge on any atom is -0.486 e. The number of nitrogens with zero attached hydrogens (tertiary/aromatic N) is 2. The van der Waals surface area contributed by atoms with E-state index in [1.807, 2.05) is 0 Å². The first-order chi connectivity index (χ1) is 13.2. The second kappa shape index (κ2) is 9.71. The van der Waals surface area contributed by atoms with E-state index < -0.39 is 10.5 Å². The van der Waals surface area contributed by atoms with E-state index >= 15 is 0 Å². The number of hydrogen-bond donors (Lipinski definition) is 2. The van der Waals surface area contributed by atoms with E-state index in [0.717, 1.165) is 22.6 Å². The van der Waals surface area contributed by atoms with E-state index in [1.54, 1.807) is 19.9 Å². The largest absolute Gasteiger partial charge is 0.486 e. The molecule has 2 heterocycles. The first-order valence-corrected chi connectivity index (χ1v) is 9.45. The fourth-order valence-corrected chi connectivity index (χ4v) is 2.33. The number of halogens is 3. The molecule has 0 aliphatic carbocycles. The van der Waals surface area contributed by atoms with Gasteiger partial charge in [0.2, 0.25) is 5.91 Å². The van der Waals surface area contributed by atoms with E-state index in [4.69, 9.17) is 4.74 Å². The molecule has 150 valence electrons. The van der Waals surface area contributed by atoms with Crippen LogP contribution in [0.3, 0.4) is 0 Å². The number of nitrogens with one attached hydrogen (secondary N) is 2. The lowest BCUT2D eigenvalue weighted by molar-refractivity contribution is -0.115. The number of carbonyl (C=O) groups excluding carboxylic acids is 2. The monoisotopic (exact) mass is 504 g/mol. The molecule has 10 heteroatoms. The first kappa shape index (κ1) is 21.9. The van der Waals surface area contributed by atoms with Crippen LogP contribution in [0.25, 0.3) is 0 Å². The van der Waals surface area contributed by atoms with Crippen LogP contribution in [-0.4, -0.2) is 32.3 Å². The van der Waals surface area contributed by atoms with Crippen molar-refractivity contribution in [3.8, 4) is 5.75 Å². The van der Waals surface area contributed by atoms with Crippen molar-refractivity contribution < 1.29 is 23.1 Å². The van der Waals surface area contributed by atoms with Gasteiger partial charge in [-0.3, -0.25) is 14.6 Å². The lowest BCUT2D eigenvalue weighted by Gasteiger charge is -2.12. The molecular weight excluding hydrogens is 485 g/mol. The third-order valence-electron chi connectivity index (χ3n) is 3.42. The summed E-state index contributed by atoms with van der Waals surface area (Å²) in [5.74, 6) is -0.0582. The van der Waals surface area contributed by atoms with Crippen LogP contribution in [0.15, 0.2) is 30.5 Å². The maximum Gasteiger partial charge on any atom is 0.329 e. The predicted molar refractivity (Wildman–Crippen MR) is 108 cm³/mol. The van der Waals surface area contributed by atoms with Crippen molar-refractivity contribution in [2.75, 3.05) is 11.9 Å². The lowest BCUT2D eigenvalue weighted by Crippen LogP contribution is -2.24. The first-order valence-electron chi connectivity index (χ1n) is 8.37. The summed E-state index contributed by atoms with van der Waals surface area (Å²) in [7, 11) is 0. The van der Waals surface area contributed by atoms with Gasteiger partial charge in [-0.2, -0.15) is 8.78 Å². The fourth-order valence-electron chi connectivity index (χ4n) is 2.18. The Bertz CT molecular complexity index is 859. The van der Waals surface area contributed by atoms with Gasteiger partial charge in [0.15, 0.2) is 6.61 Å². The van der Waals surface area contributed by atoms with Gasteiger partial charge in [-0.25, -0.2) is 4.98 Å². The summed E-state index contributed by atoms with van der Waals surface area (Å²) in [6, 6.07) is 6.01. The smallest absolute Gasteiger partial charge is 0.329 e. The van der Waals surface area contributed by atoms with Crippen molar-refractivity contribution >= 4 is 40.2 Å². The summed E-state index contributed by atoms with van der Waals surface area (Å²) >= 11 is 0.996. The molecule has 0 radical (unpaired) electrons. The second-order valence-corrected chi connectivity index (χ2v) is 7.43. The van der Waals surface area contributed by atoms with Crippen molar-refractivity contribution in [1.82, 2.24) is 15.3 Å². The van der Waals surface area contributed by atoms with Gasteiger partial charge in [-0.05, 0) is 25.1 Å². The Balaban J connectivity index is 2.01. The Morgan fingerprint density at radius 1 is 1.29 bits per heavy atom. The molecule has 0 saturated carbocycles. The normalized spacial score (nSPS) is 11.0. The third kappa shape index (κ3) is 7.33. The molecular formula is C18H19F2IN4O3. The molecule has 7 nitrogen and oxygen atoms in total. The quantitative estimate of drug-likeness (QED) is 0.425. The Morgan fingerprint density at radius 2 is 2.04 bits per heavy atom. The highest BCUT2D eigenvalue weighted by atomic mass is 127. The number of amides is 2. The van der Waals surface area contributed by atoms with Gasteiger partial charge in [-0.15, -0.1) is 0 Å². The van der Waals surface area contributed by atoms with E-state index in [0.29, 0.717) is 29.2 Å². The number of anilines is 1. The Hall–Kier alpha value is -2.37. The fraction of sp³-hybridized carbons (Fsp3) is 0.333. The average molecular weight is 504 g/mol. The van der Waals surface area contributed by atoms with Gasteiger partial charge in [0.25, 0.3) is 5.91 Å². The molecule has 0 unspecified atom stereocenters. The highest BCUT2D eigenvalue weighted by Gasteiger charge is 2.24. The number of carbonyl (C=O) groups is 2. The zero-order chi connectivity index (χ0) is 20.7. The molecule has 0 atom stereocenters. The molecule has 0 aliphatic heterocycles. The number of hydrogen-bond acceptors (Lipinski definition) is 5. The van der Waals surface area contributed by atoms with Crippen LogP contribution in [0.1, 0.15) is 35.1 Å². The van der Waals surface area contributed by atoms with Crippen LogP contribution in [0.2, 0.25) is 0 Å². The summed E-state index contributed by atoms with van der Waals surface area (Å²) < 4.78 is 27.8. The second-order valence-electron chi connectivity index (χ2n) is 5.85. The maximum atomic E-state index is 12.9. The summed E-state index contributed by atoms with van der Waals surface area (Å²) in [5, 5.41) is 5.30. The molecule has 2 rings (SSSR count). The molecule has 0 fully saturated rings. The Kier molecular flexibility index (Phi) is 7.61. The van der Waals surface area contributed by atoms with Crippen molar-refractivity contribution in [3.05, 3.63) is 47.4 Å². The van der Waals surface area contributed by atoms with Gasteiger partial charge in [0.1, 0.15) is 11.6 Å². The van der Waals surface area contributed by atoms with Crippen LogP contribution in [-0.2, 0) is 11.3 Å². The van der Waals surface area contributed by atoms with Crippen LogP contribution >= 0.6 is 22.6 Å². The minimum atomic E-state index is -2.97. The summed E-state index contributed by atoms with van der Waals surface area (Å²) in [6.45, 7) is 2.75. The molecule has 0 aromatic carbocycles. The van der Waals surface area contributed by atoms with E-state index in [2.05, 4.69) is 20.6 Å². The standard InChI is InChI=1S/C18H19F2IN4O3/c1-3-16(26)25-15-7-12(6-11(2)24-15)17(27)23-9-13-8-14(4-5-22-13)28-10-18(19,20)21/h4-8H,3,9-10H2,1-2H3,(H,23,27)(H,24,25,26). The maximum absolute atomic E-state index is 12.9. The topological polar surface area (TPSA) is 93.2 Å².